The van der Waals surface area contributed by atoms with E-state index >= 15 is 0 Å². The lowest BCUT2D eigenvalue weighted by atomic mass is 9.90. The summed E-state index contributed by atoms with van der Waals surface area (Å²) in [6, 6.07) is 11.5. The largest absolute Gasteiger partial charge is 0.508 e. The van der Waals surface area contributed by atoms with Crippen LogP contribution in [0.2, 0.25) is 0 Å². The topological polar surface area (TPSA) is 43.7 Å². The third-order valence-corrected chi connectivity index (χ3v) is 5.51. The quantitative estimate of drug-likeness (QED) is 0.888. The summed E-state index contributed by atoms with van der Waals surface area (Å²) in [7, 11) is 0. The molecule has 0 aliphatic carbocycles. The lowest BCUT2D eigenvalue weighted by Crippen LogP contribution is -2.36. The SMILES string of the molecule is Oc1ccc(CCN2CCC(C(O)c3cccs3)CC2)cc1. The first-order chi connectivity index (χ1) is 10.7. The van der Waals surface area contributed by atoms with Gasteiger partial charge in [-0.3, -0.25) is 0 Å². The van der Waals surface area contributed by atoms with Crippen molar-refractivity contribution in [2.45, 2.75) is 25.4 Å². The van der Waals surface area contributed by atoms with Gasteiger partial charge in [-0.2, -0.15) is 0 Å². The number of likely N-dealkylation sites (tertiary alicyclic amines) is 1. The normalized spacial score (nSPS) is 18.4. The molecule has 0 radical (unpaired) electrons. The van der Waals surface area contributed by atoms with E-state index in [9.17, 15) is 10.2 Å². The van der Waals surface area contributed by atoms with Crippen LogP contribution in [-0.4, -0.2) is 34.7 Å². The molecule has 1 unspecified atom stereocenters. The molecular formula is C18H23NO2S. The first-order valence-electron chi connectivity index (χ1n) is 7.94. The van der Waals surface area contributed by atoms with Gasteiger partial charge in [-0.05, 0) is 67.4 Å². The van der Waals surface area contributed by atoms with Crippen LogP contribution in [-0.2, 0) is 6.42 Å². The highest BCUT2D eigenvalue weighted by molar-refractivity contribution is 7.10. The standard InChI is InChI=1S/C18H23NO2S/c20-16-5-3-14(4-6-16)7-10-19-11-8-15(9-12-19)18(21)17-2-1-13-22-17/h1-6,13,15,18,20-21H,7-12H2. The van der Waals surface area contributed by atoms with Gasteiger partial charge in [-0.15, -0.1) is 11.3 Å². The van der Waals surface area contributed by atoms with Gasteiger partial charge < -0.3 is 15.1 Å². The van der Waals surface area contributed by atoms with Crippen LogP contribution in [0.1, 0.15) is 29.4 Å². The fraction of sp³-hybridized carbons (Fsp3) is 0.444. The summed E-state index contributed by atoms with van der Waals surface area (Å²) in [6.45, 7) is 3.17. The zero-order valence-corrected chi connectivity index (χ0v) is 13.5. The molecule has 3 rings (SSSR count). The van der Waals surface area contributed by atoms with Gasteiger partial charge >= 0.3 is 0 Å². The molecule has 1 aromatic heterocycles. The average Bonchev–Trinajstić information content (AvgIpc) is 3.09. The number of aromatic hydroxyl groups is 1. The van der Waals surface area contributed by atoms with Crippen LogP contribution in [0.5, 0.6) is 5.75 Å². The van der Waals surface area contributed by atoms with Crippen molar-refractivity contribution in [2.75, 3.05) is 19.6 Å². The minimum Gasteiger partial charge on any atom is -0.508 e. The fourth-order valence-corrected chi connectivity index (χ4v) is 3.94. The van der Waals surface area contributed by atoms with E-state index in [1.807, 2.05) is 29.6 Å². The van der Waals surface area contributed by atoms with Crippen LogP contribution < -0.4 is 0 Å². The summed E-state index contributed by atoms with van der Waals surface area (Å²) < 4.78 is 0. The van der Waals surface area contributed by atoms with Crippen LogP contribution in [0.4, 0.5) is 0 Å². The number of hydrogen-bond donors (Lipinski definition) is 2. The number of benzene rings is 1. The molecule has 3 nitrogen and oxygen atoms in total. The van der Waals surface area contributed by atoms with E-state index in [4.69, 9.17) is 0 Å². The smallest absolute Gasteiger partial charge is 0.115 e. The highest BCUT2D eigenvalue weighted by atomic mass is 32.1. The van der Waals surface area contributed by atoms with Crippen LogP contribution in [0.3, 0.4) is 0 Å². The molecule has 118 valence electrons. The Morgan fingerprint density at radius 1 is 1.14 bits per heavy atom. The molecule has 2 heterocycles. The Hall–Kier alpha value is -1.36. The summed E-state index contributed by atoms with van der Waals surface area (Å²) in [5.74, 6) is 0.718. The number of nitrogens with zero attached hydrogens (tertiary/aromatic N) is 1. The molecule has 0 amide bonds. The number of hydrogen-bond acceptors (Lipinski definition) is 4. The molecule has 4 heteroatoms. The Morgan fingerprint density at radius 3 is 2.50 bits per heavy atom. The van der Waals surface area contributed by atoms with Crippen molar-refractivity contribution in [3.63, 3.8) is 0 Å². The predicted octanol–water partition coefficient (Wildman–Crippen LogP) is 3.44. The van der Waals surface area contributed by atoms with Crippen molar-refractivity contribution in [1.29, 1.82) is 0 Å². The van der Waals surface area contributed by atoms with Gasteiger partial charge in [-0.1, -0.05) is 18.2 Å². The molecule has 0 spiro atoms. The number of aliphatic hydroxyl groups is 1. The molecule has 1 saturated heterocycles. The maximum absolute atomic E-state index is 10.4. The molecule has 1 atom stereocenters. The van der Waals surface area contributed by atoms with E-state index in [0.29, 0.717) is 11.7 Å². The Bertz CT molecular complexity index is 559. The number of piperidine rings is 1. The average molecular weight is 317 g/mol. The highest BCUT2D eigenvalue weighted by Gasteiger charge is 2.26. The van der Waals surface area contributed by atoms with Gasteiger partial charge in [0.25, 0.3) is 0 Å². The van der Waals surface area contributed by atoms with Gasteiger partial charge in [0.05, 0.1) is 6.10 Å². The number of rotatable bonds is 5. The monoisotopic (exact) mass is 317 g/mol. The van der Waals surface area contributed by atoms with Crippen molar-refractivity contribution in [3.8, 4) is 5.75 Å². The molecule has 0 saturated carbocycles. The third-order valence-electron chi connectivity index (χ3n) is 4.57. The van der Waals surface area contributed by atoms with Crippen molar-refractivity contribution >= 4 is 11.3 Å². The molecule has 1 aromatic carbocycles. The van der Waals surface area contributed by atoms with Crippen LogP contribution in [0.15, 0.2) is 41.8 Å². The lowest BCUT2D eigenvalue weighted by molar-refractivity contribution is 0.0616. The molecule has 0 bridgehead atoms. The van der Waals surface area contributed by atoms with E-state index in [0.717, 1.165) is 43.8 Å². The van der Waals surface area contributed by atoms with Crippen LogP contribution >= 0.6 is 11.3 Å². The van der Waals surface area contributed by atoms with Crippen molar-refractivity contribution in [3.05, 3.63) is 52.2 Å². The summed E-state index contributed by atoms with van der Waals surface area (Å²) in [6.07, 6.45) is 2.85. The zero-order chi connectivity index (χ0) is 15.4. The van der Waals surface area contributed by atoms with Gasteiger partial charge in [0, 0.05) is 11.4 Å². The Balaban J connectivity index is 1.44. The van der Waals surface area contributed by atoms with Crippen molar-refractivity contribution in [2.24, 2.45) is 5.92 Å². The van der Waals surface area contributed by atoms with E-state index < -0.39 is 0 Å². The van der Waals surface area contributed by atoms with Crippen LogP contribution in [0, 0.1) is 5.92 Å². The Labute approximate surface area is 135 Å². The van der Waals surface area contributed by atoms with Crippen molar-refractivity contribution in [1.82, 2.24) is 4.90 Å². The third kappa shape index (κ3) is 3.88. The molecule has 1 fully saturated rings. The predicted molar refractivity (Wildman–Crippen MR) is 90.3 cm³/mol. The van der Waals surface area contributed by atoms with Gasteiger partial charge in [-0.25, -0.2) is 0 Å². The molecule has 22 heavy (non-hydrogen) atoms. The molecule has 2 N–H and O–H groups in total. The Morgan fingerprint density at radius 2 is 1.86 bits per heavy atom. The zero-order valence-electron chi connectivity index (χ0n) is 12.7. The maximum Gasteiger partial charge on any atom is 0.115 e. The first-order valence-corrected chi connectivity index (χ1v) is 8.82. The van der Waals surface area contributed by atoms with Crippen LogP contribution in [0.25, 0.3) is 0 Å². The van der Waals surface area contributed by atoms with Gasteiger partial charge in [0.15, 0.2) is 0 Å². The number of phenolic OH excluding ortho intramolecular Hbond substituents is 1. The fourth-order valence-electron chi connectivity index (χ4n) is 3.13. The lowest BCUT2D eigenvalue weighted by Gasteiger charge is -2.34. The summed E-state index contributed by atoms with van der Waals surface area (Å²) in [5, 5.41) is 21.8. The molecule has 2 aromatic rings. The maximum atomic E-state index is 10.4. The summed E-state index contributed by atoms with van der Waals surface area (Å²) >= 11 is 1.65. The van der Waals surface area contributed by atoms with E-state index in [2.05, 4.69) is 4.90 Å². The van der Waals surface area contributed by atoms with E-state index in [1.165, 1.54) is 5.56 Å². The summed E-state index contributed by atoms with van der Waals surface area (Å²) in [4.78, 5) is 3.58. The second-order valence-electron chi connectivity index (χ2n) is 6.06. The van der Waals surface area contributed by atoms with E-state index in [-0.39, 0.29) is 6.10 Å². The second-order valence-corrected chi connectivity index (χ2v) is 7.04. The summed E-state index contributed by atoms with van der Waals surface area (Å²) in [5.41, 5.74) is 1.26. The highest BCUT2D eigenvalue weighted by Crippen LogP contribution is 2.32. The minimum atomic E-state index is -0.292. The second kappa shape index (κ2) is 7.27. The van der Waals surface area contributed by atoms with Gasteiger partial charge in [0.2, 0.25) is 0 Å². The molecular weight excluding hydrogens is 294 g/mol. The van der Waals surface area contributed by atoms with Crippen molar-refractivity contribution < 1.29 is 10.2 Å². The number of thiophene rings is 1. The number of aliphatic hydroxyl groups excluding tert-OH is 1. The minimum absolute atomic E-state index is 0.292. The number of phenols is 1. The first kappa shape index (κ1) is 15.5. The van der Waals surface area contributed by atoms with Gasteiger partial charge in [0.1, 0.15) is 5.75 Å². The molecule has 1 aliphatic heterocycles. The molecule has 1 aliphatic rings. The van der Waals surface area contributed by atoms with E-state index in [1.54, 1.807) is 23.5 Å². The Kier molecular flexibility index (Phi) is 5.13.